The molecule has 0 aliphatic heterocycles. The number of rotatable bonds is 9. The van der Waals surface area contributed by atoms with Gasteiger partial charge < -0.3 is 14.8 Å². The highest BCUT2D eigenvalue weighted by atomic mass is 19.3. The molecule has 0 aliphatic carbocycles. The van der Waals surface area contributed by atoms with E-state index in [0.29, 0.717) is 24.6 Å². The molecule has 0 fully saturated rings. The molecule has 142 valence electrons. The van der Waals surface area contributed by atoms with Crippen molar-refractivity contribution in [2.24, 2.45) is 5.92 Å². The van der Waals surface area contributed by atoms with Crippen LogP contribution in [0.1, 0.15) is 35.6 Å². The number of H-pyrrole nitrogens is 1. The smallest absolute Gasteiger partial charge is 0.387 e. The first kappa shape index (κ1) is 19.7. The monoisotopic (exact) mass is 367 g/mol. The van der Waals surface area contributed by atoms with E-state index < -0.39 is 6.61 Å². The van der Waals surface area contributed by atoms with Crippen molar-refractivity contribution >= 4 is 5.91 Å². The number of methoxy groups -OCH3 is 1. The van der Waals surface area contributed by atoms with Gasteiger partial charge >= 0.3 is 6.61 Å². The second kappa shape index (κ2) is 9.17. The molecule has 1 aromatic heterocycles. The van der Waals surface area contributed by atoms with Gasteiger partial charge in [-0.25, -0.2) is 0 Å². The predicted molar refractivity (Wildman–Crippen MR) is 92.8 cm³/mol. The Bertz CT molecular complexity index is 732. The third-order valence-corrected chi connectivity index (χ3v) is 3.64. The van der Waals surface area contributed by atoms with Gasteiger partial charge in [-0.15, -0.1) is 0 Å². The summed E-state index contributed by atoms with van der Waals surface area (Å²) in [6, 6.07) is 6.50. The molecule has 2 aromatic rings. The number of hydrogen-bond acceptors (Lipinski definition) is 4. The molecule has 0 bridgehead atoms. The van der Waals surface area contributed by atoms with E-state index >= 15 is 0 Å². The number of nitrogens with zero attached hydrogens (tertiary/aromatic N) is 1. The van der Waals surface area contributed by atoms with E-state index in [1.165, 1.54) is 13.2 Å². The number of halogens is 2. The molecule has 2 rings (SSSR count). The molecule has 0 unspecified atom stereocenters. The van der Waals surface area contributed by atoms with Crippen LogP contribution in [0.2, 0.25) is 0 Å². The van der Waals surface area contributed by atoms with Crippen LogP contribution in [0.5, 0.6) is 11.5 Å². The average molecular weight is 367 g/mol. The highest BCUT2D eigenvalue weighted by Gasteiger charge is 2.13. The number of nitrogens with one attached hydrogen (secondary N) is 2. The predicted octanol–water partition coefficient (Wildman–Crippen LogP) is 3.19. The summed E-state index contributed by atoms with van der Waals surface area (Å²) in [5.41, 5.74) is 1.98. The molecule has 2 N–H and O–H groups in total. The van der Waals surface area contributed by atoms with Crippen LogP contribution in [0, 0.1) is 5.92 Å². The summed E-state index contributed by atoms with van der Waals surface area (Å²) in [7, 11) is 1.38. The number of ether oxygens (including phenoxy) is 2. The van der Waals surface area contributed by atoms with Crippen LogP contribution in [0.15, 0.2) is 24.3 Å². The molecule has 0 saturated carbocycles. The normalized spacial score (nSPS) is 11.0. The van der Waals surface area contributed by atoms with Gasteiger partial charge in [0.25, 0.3) is 5.91 Å². The van der Waals surface area contributed by atoms with Gasteiger partial charge in [0, 0.05) is 12.2 Å². The van der Waals surface area contributed by atoms with Crippen molar-refractivity contribution < 1.29 is 23.0 Å². The van der Waals surface area contributed by atoms with E-state index in [1.54, 1.807) is 18.2 Å². The van der Waals surface area contributed by atoms with Gasteiger partial charge in [0.05, 0.1) is 7.11 Å². The fourth-order valence-electron chi connectivity index (χ4n) is 2.50. The molecule has 0 saturated heterocycles. The zero-order valence-electron chi connectivity index (χ0n) is 15.0. The average Bonchev–Trinajstić information content (AvgIpc) is 3.02. The number of amides is 1. The number of aromatic amines is 1. The van der Waals surface area contributed by atoms with Crippen LogP contribution in [-0.2, 0) is 12.8 Å². The Hall–Kier alpha value is -2.64. The van der Waals surface area contributed by atoms with Crippen LogP contribution in [0.25, 0.3) is 0 Å². The third-order valence-electron chi connectivity index (χ3n) is 3.64. The van der Waals surface area contributed by atoms with Crippen LogP contribution in [-0.4, -0.2) is 36.4 Å². The van der Waals surface area contributed by atoms with Crippen molar-refractivity contribution in [3.8, 4) is 11.5 Å². The number of carbonyl (C=O) groups is 1. The maximum absolute atomic E-state index is 12.5. The van der Waals surface area contributed by atoms with Crippen LogP contribution >= 0.6 is 0 Å². The summed E-state index contributed by atoms with van der Waals surface area (Å²) in [5, 5.41) is 9.62. The molecule has 1 amide bonds. The number of alkyl halides is 2. The highest BCUT2D eigenvalue weighted by Crippen LogP contribution is 2.29. The summed E-state index contributed by atoms with van der Waals surface area (Å²) in [6.07, 6.45) is 1.28. The van der Waals surface area contributed by atoms with Gasteiger partial charge in [-0.05, 0) is 42.5 Å². The first-order valence-corrected chi connectivity index (χ1v) is 8.33. The van der Waals surface area contributed by atoms with Gasteiger partial charge in [0.1, 0.15) is 5.69 Å². The molecule has 6 nitrogen and oxygen atoms in total. The van der Waals surface area contributed by atoms with Gasteiger partial charge in [0.15, 0.2) is 11.5 Å². The molecule has 1 heterocycles. The van der Waals surface area contributed by atoms with E-state index in [1.807, 2.05) is 0 Å². The van der Waals surface area contributed by atoms with E-state index in [-0.39, 0.29) is 17.4 Å². The minimum Gasteiger partial charge on any atom is -0.493 e. The van der Waals surface area contributed by atoms with Crippen LogP contribution < -0.4 is 14.8 Å². The van der Waals surface area contributed by atoms with Crippen molar-refractivity contribution in [3.63, 3.8) is 0 Å². The van der Waals surface area contributed by atoms with E-state index in [2.05, 4.69) is 34.1 Å². The maximum Gasteiger partial charge on any atom is 0.387 e. The zero-order chi connectivity index (χ0) is 19.1. The van der Waals surface area contributed by atoms with E-state index in [4.69, 9.17) is 4.74 Å². The minimum absolute atomic E-state index is 0.0306. The van der Waals surface area contributed by atoms with E-state index in [0.717, 1.165) is 17.7 Å². The Balaban J connectivity index is 1.90. The lowest BCUT2D eigenvalue weighted by atomic mass is 10.1. The van der Waals surface area contributed by atoms with E-state index in [9.17, 15) is 13.6 Å². The second-order valence-corrected chi connectivity index (χ2v) is 6.25. The van der Waals surface area contributed by atoms with Crippen LogP contribution in [0.4, 0.5) is 8.78 Å². The summed E-state index contributed by atoms with van der Waals surface area (Å²) >= 11 is 0. The standard InChI is InChI=1S/C18H23F2N3O3/c1-11(2)8-13-10-14(23-22-13)17(24)21-7-6-12-4-5-15(25-3)16(9-12)26-18(19)20/h4-5,9-11,18H,6-8H2,1-3H3,(H,21,24)(H,22,23). The molecular weight excluding hydrogens is 344 g/mol. The number of benzene rings is 1. The number of aromatic nitrogens is 2. The van der Waals surface area contributed by atoms with Crippen molar-refractivity contribution in [1.29, 1.82) is 0 Å². The largest absolute Gasteiger partial charge is 0.493 e. The topological polar surface area (TPSA) is 76.2 Å². The lowest BCUT2D eigenvalue weighted by Crippen LogP contribution is -2.26. The molecule has 1 aromatic carbocycles. The zero-order valence-corrected chi connectivity index (χ0v) is 15.0. The molecule has 8 heteroatoms. The van der Waals surface area contributed by atoms with Crippen molar-refractivity contribution in [3.05, 3.63) is 41.2 Å². The van der Waals surface area contributed by atoms with Gasteiger partial charge in [0.2, 0.25) is 0 Å². The number of carbonyl (C=O) groups excluding carboxylic acids is 1. The molecule has 0 aliphatic rings. The first-order chi connectivity index (χ1) is 12.4. The Kier molecular flexibility index (Phi) is 6.94. The fraction of sp³-hybridized carbons (Fsp3) is 0.444. The summed E-state index contributed by atoms with van der Waals surface area (Å²) in [6.45, 7) is 1.58. The van der Waals surface area contributed by atoms with Crippen molar-refractivity contribution in [1.82, 2.24) is 15.5 Å². The first-order valence-electron chi connectivity index (χ1n) is 8.33. The van der Waals surface area contributed by atoms with Crippen LogP contribution in [0.3, 0.4) is 0 Å². The molecule has 0 atom stereocenters. The third kappa shape index (κ3) is 5.72. The van der Waals surface area contributed by atoms with Gasteiger partial charge in [-0.3, -0.25) is 9.89 Å². The fourth-order valence-corrected chi connectivity index (χ4v) is 2.50. The number of hydrogen-bond donors (Lipinski definition) is 2. The lowest BCUT2D eigenvalue weighted by molar-refractivity contribution is -0.0512. The summed E-state index contributed by atoms with van der Waals surface area (Å²) in [4.78, 5) is 12.1. The molecule has 0 radical (unpaired) electrons. The van der Waals surface area contributed by atoms with Crippen molar-refractivity contribution in [2.45, 2.75) is 33.3 Å². The molecule has 26 heavy (non-hydrogen) atoms. The van der Waals surface area contributed by atoms with Crippen molar-refractivity contribution in [2.75, 3.05) is 13.7 Å². The Morgan fingerprint density at radius 3 is 2.69 bits per heavy atom. The molecule has 0 spiro atoms. The van der Waals surface area contributed by atoms with Gasteiger partial charge in [-0.2, -0.15) is 13.9 Å². The van der Waals surface area contributed by atoms with Gasteiger partial charge in [-0.1, -0.05) is 19.9 Å². The maximum atomic E-state index is 12.5. The molecular formula is C18H23F2N3O3. The Morgan fingerprint density at radius 1 is 1.27 bits per heavy atom. The summed E-state index contributed by atoms with van der Waals surface area (Å²) in [5.74, 6) is 0.379. The Labute approximate surface area is 150 Å². The lowest BCUT2D eigenvalue weighted by Gasteiger charge is -2.11. The SMILES string of the molecule is COc1ccc(CCNC(=O)c2cc(CC(C)C)[nH]n2)cc1OC(F)F. The quantitative estimate of drug-likeness (QED) is 0.714. The Morgan fingerprint density at radius 2 is 2.04 bits per heavy atom. The second-order valence-electron chi connectivity index (χ2n) is 6.25. The highest BCUT2D eigenvalue weighted by molar-refractivity contribution is 5.92. The summed E-state index contributed by atoms with van der Waals surface area (Å²) < 4.78 is 34.3. The minimum atomic E-state index is -2.93.